The molecule has 0 aliphatic carbocycles. The van der Waals surface area contributed by atoms with E-state index >= 15 is 0 Å². The lowest BCUT2D eigenvalue weighted by Crippen LogP contribution is -2.38. The molecule has 0 atom stereocenters. The average Bonchev–Trinajstić information content (AvgIpc) is 2.78. The van der Waals surface area contributed by atoms with Gasteiger partial charge in [0, 0.05) is 11.3 Å². The van der Waals surface area contributed by atoms with E-state index in [0.29, 0.717) is 22.7 Å². The molecule has 31 heavy (non-hydrogen) atoms. The van der Waals surface area contributed by atoms with Gasteiger partial charge in [-0.3, -0.25) is 13.9 Å². The number of rotatable bonds is 8. The van der Waals surface area contributed by atoms with Gasteiger partial charge in [0.25, 0.3) is 10.0 Å². The fourth-order valence-corrected chi connectivity index (χ4v) is 4.34. The Balaban J connectivity index is 1.88. The summed E-state index contributed by atoms with van der Waals surface area (Å²) < 4.78 is 32.7. The highest BCUT2D eigenvalue weighted by atomic mass is 32.2. The van der Waals surface area contributed by atoms with Gasteiger partial charge in [-0.1, -0.05) is 18.2 Å². The van der Waals surface area contributed by atoms with Crippen LogP contribution in [0.1, 0.15) is 17.3 Å². The lowest BCUT2D eigenvalue weighted by Gasteiger charge is -2.24. The molecule has 0 heterocycles. The normalized spacial score (nSPS) is 10.9. The number of sulfonamides is 1. The Morgan fingerprint density at radius 2 is 1.52 bits per heavy atom. The first kappa shape index (κ1) is 22.0. The van der Waals surface area contributed by atoms with Crippen LogP contribution < -0.4 is 14.4 Å². The summed E-state index contributed by atoms with van der Waals surface area (Å²) in [6, 6.07) is 20.7. The Bertz CT molecular complexity index is 1160. The first-order valence-corrected chi connectivity index (χ1v) is 10.9. The smallest absolute Gasteiger partial charge is 0.264 e. The summed E-state index contributed by atoms with van der Waals surface area (Å²) in [5.74, 6) is -0.0424. The van der Waals surface area contributed by atoms with E-state index < -0.39 is 22.5 Å². The molecular formula is C23H22N2O5S. The number of Topliss-reactive ketones (excluding diaryl/α,β-unsaturated/α-hetero) is 1. The van der Waals surface area contributed by atoms with Crippen LogP contribution in [0.25, 0.3) is 0 Å². The number of hydrogen-bond donors (Lipinski definition) is 1. The number of ketones is 1. The molecule has 0 aliphatic heterocycles. The lowest BCUT2D eigenvalue weighted by molar-refractivity contribution is -0.114. The van der Waals surface area contributed by atoms with E-state index in [-0.39, 0.29) is 10.7 Å². The molecule has 0 fully saturated rings. The van der Waals surface area contributed by atoms with Crippen molar-refractivity contribution < 1.29 is 22.7 Å². The molecule has 0 saturated heterocycles. The number of amides is 1. The summed E-state index contributed by atoms with van der Waals surface area (Å²) in [6.07, 6.45) is 0. The number of hydrogen-bond acceptors (Lipinski definition) is 5. The van der Waals surface area contributed by atoms with Crippen LogP contribution in [-0.2, 0) is 14.8 Å². The highest BCUT2D eigenvalue weighted by Crippen LogP contribution is 2.26. The molecule has 3 rings (SSSR count). The third-order valence-corrected chi connectivity index (χ3v) is 6.34. The van der Waals surface area contributed by atoms with Crippen molar-refractivity contribution in [3.05, 3.63) is 84.4 Å². The molecule has 0 bridgehead atoms. The van der Waals surface area contributed by atoms with Crippen LogP contribution in [0.4, 0.5) is 11.4 Å². The molecular weight excluding hydrogens is 416 g/mol. The lowest BCUT2D eigenvalue weighted by atomic mass is 10.1. The summed E-state index contributed by atoms with van der Waals surface area (Å²) in [6.45, 7) is 1.02. The standard InChI is InChI=1S/C23H22N2O5S/c1-17(26)18-8-10-19(11-9-18)24-23(27)16-25(20-12-14-21(30-2)15-13-20)31(28,29)22-6-4-3-5-7-22/h3-15H,16H2,1-2H3,(H,24,27). The summed E-state index contributed by atoms with van der Waals surface area (Å²) in [5.41, 5.74) is 1.30. The minimum absolute atomic E-state index is 0.0735. The maximum atomic E-state index is 13.3. The number of anilines is 2. The van der Waals surface area contributed by atoms with Crippen molar-refractivity contribution in [3.63, 3.8) is 0 Å². The molecule has 3 aromatic carbocycles. The second-order valence-corrected chi connectivity index (χ2v) is 8.57. The molecule has 0 unspecified atom stereocenters. The summed E-state index contributed by atoms with van der Waals surface area (Å²) in [5, 5.41) is 2.67. The molecule has 0 aromatic heterocycles. The maximum absolute atomic E-state index is 13.3. The number of ether oxygens (including phenoxy) is 1. The van der Waals surface area contributed by atoms with E-state index in [2.05, 4.69) is 5.32 Å². The zero-order chi connectivity index (χ0) is 22.4. The van der Waals surface area contributed by atoms with Gasteiger partial charge < -0.3 is 10.1 Å². The fourth-order valence-electron chi connectivity index (χ4n) is 2.90. The van der Waals surface area contributed by atoms with Gasteiger partial charge in [-0.25, -0.2) is 8.42 Å². The van der Waals surface area contributed by atoms with E-state index in [1.54, 1.807) is 66.7 Å². The van der Waals surface area contributed by atoms with Gasteiger partial charge in [0.1, 0.15) is 12.3 Å². The molecule has 1 amide bonds. The quantitative estimate of drug-likeness (QED) is 0.541. The molecule has 0 radical (unpaired) electrons. The highest BCUT2D eigenvalue weighted by molar-refractivity contribution is 7.92. The maximum Gasteiger partial charge on any atom is 0.264 e. The number of benzene rings is 3. The summed E-state index contributed by atoms with van der Waals surface area (Å²) >= 11 is 0. The summed E-state index contributed by atoms with van der Waals surface area (Å²) in [4.78, 5) is 24.2. The molecule has 7 nitrogen and oxygen atoms in total. The SMILES string of the molecule is COc1ccc(N(CC(=O)Nc2ccc(C(C)=O)cc2)S(=O)(=O)c2ccccc2)cc1. The molecule has 0 saturated carbocycles. The molecule has 8 heteroatoms. The van der Waals surface area contributed by atoms with Crippen molar-refractivity contribution in [2.24, 2.45) is 0 Å². The predicted octanol–water partition coefficient (Wildman–Crippen LogP) is 3.73. The van der Waals surface area contributed by atoms with E-state index in [1.165, 1.54) is 26.2 Å². The van der Waals surface area contributed by atoms with Crippen molar-refractivity contribution in [2.45, 2.75) is 11.8 Å². The van der Waals surface area contributed by atoms with Crippen LogP contribution in [0.15, 0.2) is 83.8 Å². The van der Waals surface area contributed by atoms with Crippen molar-refractivity contribution in [1.82, 2.24) is 0 Å². The predicted molar refractivity (Wildman–Crippen MR) is 119 cm³/mol. The second-order valence-electron chi connectivity index (χ2n) is 6.70. The van der Waals surface area contributed by atoms with Crippen molar-refractivity contribution >= 4 is 33.1 Å². The van der Waals surface area contributed by atoms with Crippen LogP contribution >= 0.6 is 0 Å². The van der Waals surface area contributed by atoms with Crippen LogP contribution in [0, 0.1) is 0 Å². The molecule has 160 valence electrons. The fraction of sp³-hybridized carbons (Fsp3) is 0.130. The summed E-state index contributed by atoms with van der Waals surface area (Å²) in [7, 11) is -2.48. The zero-order valence-corrected chi connectivity index (χ0v) is 17.9. The van der Waals surface area contributed by atoms with Crippen molar-refractivity contribution in [3.8, 4) is 5.75 Å². The Morgan fingerprint density at radius 1 is 0.903 bits per heavy atom. The Labute approximate surface area is 181 Å². The van der Waals surface area contributed by atoms with Gasteiger partial charge in [0.15, 0.2) is 5.78 Å². The van der Waals surface area contributed by atoms with Gasteiger partial charge in [0.2, 0.25) is 5.91 Å². The van der Waals surface area contributed by atoms with Gasteiger partial charge in [-0.2, -0.15) is 0 Å². The Morgan fingerprint density at radius 3 is 2.06 bits per heavy atom. The molecule has 3 aromatic rings. The largest absolute Gasteiger partial charge is 0.497 e. The monoisotopic (exact) mass is 438 g/mol. The molecule has 0 aliphatic rings. The average molecular weight is 439 g/mol. The van der Waals surface area contributed by atoms with Gasteiger partial charge in [-0.05, 0) is 67.6 Å². The van der Waals surface area contributed by atoms with Crippen LogP contribution in [-0.4, -0.2) is 33.8 Å². The molecule has 0 spiro atoms. The van der Waals surface area contributed by atoms with E-state index in [0.717, 1.165) is 4.31 Å². The van der Waals surface area contributed by atoms with Gasteiger partial charge >= 0.3 is 0 Å². The minimum atomic E-state index is -3.99. The molecule has 1 N–H and O–H groups in total. The Hall–Kier alpha value is -3.65. The topological polar surface area (TPSA) is 92.8 Å². The van der Waals surface area contributed by atoms with Crippen molar-refractivity contribution in [1.29, 1.82) is 0 Å². The third kappa shape index (κ3) is 5.29. The second kappa shape index (κ2) is 9.44. The number of carbonyl (C=O) groups is 2. The Kier molecular flexibility index (Phi) is 6.71. The first-order valence-electron chi connectivity index (χ1n) is 9.44. The number of nitrogens with zero attached hydrogens (tertiary/aromatic N) is 1. The van der Waals surface area contributed by atoms with Crippen LogP contribution in [0.2, 0.25) is 0 Å². The van der Waals surface area contributed by atoms with Crippen molar-refractivity contribution in [2.75, 3.05) is 23.3 Å². The zero-order valence-electron chi connectivity index (χ0n) is 17.1. The van der Waals surface area contributed by atoms with Gasteiger partial charge in [0.05, 0.1) is 17.7 Å². The number of methoxy groups -OCH3 is 1. The van der Waals surface area contributed by atoms with Gasteiger partial charge in [-0.15, -0.1) is 0 Å². The minimum Gasteiger partial charge on any atom is -0.497 e. The van der Waals surface area contributed by atoms with Crippen LogP contribution in [0.5, 0.6) is 5.75 Å². The number of carbonyl (C=O) groups excluding carboxylic acids is 2. The van der Waals surface area contributed by atoms with E-state index in [9.17, 15) is 18.0 Å². The van der Waals surface area contributed by atoms with E-state index in [4.69, 9.17) is 4.74 Å². The number of nitrogens with one attached hydrogen (secondary N) is 1. The van der Waals surface area contributed by atoms with Crippen LogP contribution in [0.3, 0.4) is 0 Å². The van der Waals surface area contributed by atoms with E-state index in [1.807, 2.05) is 0 Å². The highest BCUT2D eigenvalue weighted by Gasteiger charge is 2.27. The third-order valence-electron chi connectivity index (χ3n) is 4.55. The first-order chi connectivity index (χ1) is 14.8.